The molecule has 1 saturated heterocycles. The Bertz CT molecular complexity index is 1030. The smallest absolute Gasteiger partial charge is 0.407 e. The molecule has 0 aromatic heterocycles. The van der Waals surface area contributed by atoms with Gasteiger partial charge in [-0.15, -0.1) is 0 Å². The summed E-state index contributed by atoms with van der Waals surface area (Å²) in [7, 11) is 0. The Morgan fingerprint density at radius 1 is 1.11 bits per heavy atom. The molecule has 1 aliphatic heterocycles. The van der Waals surface area contributed by atoms with Gasteiger partial charge in [0.1, 0.15) is 12.6 Å². The summed E-state index contributed by atoms with van der Waals surface area (Å²) in [4.78, 5) is 38.8. The first-order chi connectivity index (χ1) is 17.0. The summed E-state index contributed by atoms with van der Waals surface area (Å²) < 4.78 is 5.66. The number of alkyl carbamates (subject to hydrolysis) is 1. The molecule has 2 unspecified atom stereocenters. The quantitative estimate of drug-likeness (QED) is 0.531. The summed E-state index contributed by atoms with van der Waals surface area (Å²) in [6.07, 6.45) is 1.92. The van der Waals surface area contributed by atoms with Gasteiger partial charge in [-0.25, -0.2) is 9.59 Å². The average molecular weight is 497 g/mol. The van der Waals surface area contributed by atoms with E-state index in [4.69, 9.17) is 4.74 Å². The van der Waals surface area contributed by atoms with Crippen LogP contribution in [-0.4, -0.2) is 64.7 Å². The lowest BCUT2D eigenvalue weighted by Gasteiger charge is -2.33. The topological polar surface area (TPSA) is 95.9 Å². The minimum atomic E-state index is -0.986. The van der Waals surface area contributed by atoms with Crippen molar-refractivity contribution in [3.63, 3.8) is 0 Å². The zero-order valence-electron chi connectivity index (χ0n) is 19.9. The highest BCUT2D eigenvalue weighted by Crippen LogP contribution is 2.44. The van der Waals surface area contributed by atoms with Gasteiger partial charge in [-0.3, -0.25) is 4.79 Å². The maximum absolute atomic E-state index is 13.0. The van der Waals surface area contributed by atoms with Gasteiger partial charge in [-0.1, -0.05) is 68.3 Å². The lowest BCUT2D eigenvalue weighted by atomic mass is 9.98. The van der Waals surface area contributed by atoms with Gasteiger partial charge < -0.3 is 20.1 Å². The standard InChI is InChI=1S/C27H32N2O5S/c1-2-3-8-18(15-25(30)29-13-14-35-17-24(29)26(31)32)28-27(33)34-16-23-21-11-6-4-9-19(21)20-10-5-7-12-22(20)23/h4-7,9-12,18,23-24H,2-3,8,13-17H2,1H3,(H,28,33)(H,31,32). The molecular formula is C27H32N2O5S. The second kappa shape index (κ2) is 11.6. The fourth-order valence-electron chi connectivity index (χ4n) is 4.92. The number of nitrogens with one attached hydrogen (secondary N) is 1. The van der Waals surface area contributed by atoms with Crippen molar-refractivity contribution in [2.24, 2.45) is 0 Å². The van der Waals surface area contributed by atoms with E-state index in [0.29, 0.717) is 18.7 Å². The van der Waals surface area contributed by atoms with Crippen LogP contribution in [-0.2, 0) is 14.3 Å². The van der Waals surface area contributed by atoms with E-state index in [-0.39, 0.29) is 24.9 Å². The first kappa shape index (κ1) is 25.1. The van der Waals surface area contributed by atoms with Crippen molar-refractivity contribution in [2.45, 2.75) is 50.6 Å². The molecule has 0 spiro atoms. The molecule has 1 heterocycles. The number of carbonyl (C=O) groups excluding carboxylic acids is 2. The number of amides is 2. The fraction of sp³-hybridized carbons (Fsp3) is 0.444. The molecule has 4 rings (SSSR count). The largest absolute Gasteiger partial charge is 0.480 e. The van der Waals surface area contributed by atoms with Crippen molar-refractivity contribution in [3.05, 3.63) is 59.7 Å². The van der Waals surface area contributed by atoms with E-state index in [1.807, 2.05) is 24.3 Å². The second-order valence-electron chi connectivity index (χ2n) is 9.03. The third-order valence-electron chi connectivity index (χ3n) is 6.73. The number of unbranched alkanes of at least 4 members (excludes halogenated alkanes) is 1. The highest BCUT2D eigenvalue weighted by atomic mass is 32.2. The first-order valence-electron chi connectivity index (χ1n) is 12.2. The summed E-state index contributed by atoms with van der Waals surface area (Å²) in [5.74, 6) is -0.154. The molecule has 8 heteroatoms. The number of nitrogens with zero attached hydrogens (tertiary/aromatic N) is 1. The number of carbonyl (C=O) groups is 3. The highest BCUT2D eigenvalue weighted by molar-refractivity contribution is 7.99. The van der Waals surface area contributed by atoms with Gasteiger partial charge in [-0.05, 0) is 28.7 Å². The summed E-state index contributed by atoms with van der Waals surface area (Å²) in [6, 6.07) is 15.1. The molecule has 0 radical (unpaired) electrons. The van der Waals surface area contributed by atoms with Crippen LogP contribution >= 0.6 is 11.8 Å². The molecule has 2 aromatic rings. The van der Waals surface area contributed by atoms with E-state index in [9.17, 15) is 19.5 Å². The molecule has 0 bridgehead atoms. The molecule has 35 heavy (non-hydrogen) atoms. The van der Waals surface area contributed by atoms with Crippen LogP contribution in [0.4, 0.5) is 4.79 Å². The van der Waals surface area contributed by atoms with Crippen LogP contribution in [0.2, 0.25) is 0 Å². The van der Waals surface area contributed by atoms with Crippen LogP contribution < -0.4 is 5.32 Å². The Balaban J connectivity index is 1.38. The number of fused-ring (bicyclic) bond motifs is 3. The van der Waals surface area contributed by atoms with E-state index in [0.717, 1.165) is 40.8 Å². The maximum atomic E-state index is 13.0. The number of ether oxygens (including phenoxy) is 1. The normalized spacial score (nSPS) is 17.9. The number of hydrogen-bond acceptors (Lipinski definition) is 5. The monoisotopic (exact) mass is 496 g/mol. The molecule has 7 nitrogen and oxygen atoms in total. The van der Waals surface area contributed by atoms with Crippen LogP contribution in [0.25, 0.3) is 11.1 Å². The van der Waals surface area contributed by atoms with Crippen molar-refractivity contribution in [1.82, 2.24) is 10.2 Å². The number of carboxylic acids is 1. The van der Waals surface area contributed by atoms with Crippen molar-refractivity contribution in [3.8, 4) is 11.1 Å². The third-order valence-corrected chi connectivity index (χ3v) is 7.75. The predicted octanol–water partition coefficient (Wildman–Crippen LogP) is 4.50. The molecular weight excluding hydrogens is 464 g/mol. The highest BCUT2D eigenvalue weighted by Gasteiger charge is 2.34. The summed E-state index contributed by atoms with van der Waals surface area (Å²) in [5, 5.41) is 12.4. The number of hydrogen-bond donors (Lipinski definition) is 2. The van der Waals surface area contributed by atoms with E-state index in [2.05, 4.69) is 36.5 Å². The summed E-state index contributed by atoms with van der Waals surface area (Å²) in [5.41, 5.74) is 4.61. The minimum Gasteiger partial charge on any atom is -0.480 e. The first-order valence-corrected chi connectivity index (χ1v) is 13.4. The zero-order valence-corrected chi connectivity index (χ0v) is 20.8. The van der Waals surface area contributed by atoms with Gasteiger partial charge >= 0.3 is 12.1 Å². The Labute approximate surface area is 210 Å². The van der Waals surface area contributed by atoms with Gasteiger partial charge in [0, 0.05) is 36.4 Å². The van der Waals surface area contributed by atoms with Gasteiger partial charge in [0.25, 0.3) is 0 Å². The lowest BCUT2D eigenvalue weighted by Crippen LogP contribution is -2.52. The fourth-order valence-corrected chi connectivity index (χ4v) is 5.96. The van der Waals surface area contributed by atoms with Gasteiger partial charge in [0.15, 0.2) is 0 Å². The van der Waals surface area contributed by atoms with E-state index in [1.54, 1.807) is 11.8 Å². The zero-order chi connectivity index (χ0) is 24.8. The molecule has 1 aliphatic carbocycles. The van der Waals surface area contributed by atoms with Gasteiger partial charge in [-0.2, -0.15) is 11.8 Å². The molecule has 2 atom stereocenters. The van der Waals surface area contributed by atoms with Gasteiger partial charge in [0.2, 0.25) is 5.91 Å². The number of aliphatic carboxylic acids is 1. The van der Waals surface area contributed by atoms with Crippen LogP contribution in [0.1, 0.15) is 49.7 Å². The van der Waals surface area contributed by atoms with Crippen molar-refractivity contribution in [1.29, 1.82) is 0 Å². The van der Waals surface area contributed by atoms with Crippen LogP contribution in [0, 0.1) is 0 Å². The van der Waals surface area contributed by atoms with Crippen molar-refractivity contribution >= 4 is 29.7 Å². The summed E-state index contributed by atoms with van der Waals surface area (Å²) >= 11 is 1.54. The number of benzene rings is 2. The Hall–Kier alpha value is -3.00. The SMILES string of the molecule is CCCCC(CC(=O)N1CCSCC1C(=O)O)NC(=O)OCC1c2ccccc2-c2ccccc21. The number of thioether (sulfide) groups is 1. The minimum absolute atomic E-state index is 0.0361. The molecule has 2 N–H and O–H groups in total. The average Bonchev–Trinajstić information content (AvgIpc) is 3.19. The lowest BCUT2D eigenvalue weighted by molar-refractivity contribution is -0.149. The molecule has 2 aromatic carbocycles. The van der Waals surface area contributed by atoms with Crippen LogP contribution in [0.15, 0.2) is 48.5 Å². The molecule has 2 aliphatic rings. The second-order valence-corrected chi connectivity index (χ2v) is 10.2. The van der Waals surface area contributed by atoms with Crippen molar-refractivity contribution < 1.29 is 24.2 Å². The summed E-state index contributed by atoms with van der Waals surface area (Å²) in [6.45, 7) is 2.67. The van der Waals surface area contributed by atoms with Crippen LogP contribution in [0.5, 0.6) is 0 Å². The number of rotatable bonds is 9. The molecule has 1 fully saturated rings. The molecule has 2 amide bonds. The molecule has 186 valence electrons. The van der Waals surface area contributed by atoms with E-state index in [1.165, 1.54) is 4.90 Å². The van der Waals surface area contributed by atoms with Crippen molar-refractivity contribution in [2.75, 3.05) is 24.7 Å². The Kier molecular flexibility index (Phi) is 8.33. The maximum Gasteiger partial charge on any atom is 0.407 e. The van der Waals surface area contributed by atoms with E-state index < -0.39 is 24.1 Å². The van der Waals surface area contributed by atoms with Gasteiger partial charge in [0.05, 0.1) is 0 Å². The molecule has 0 saturated carbocycles. The van der Waals surface area contributed by atoms with E-state index >= 15 is 0 Å². The predicted molar refractivity (Wildman–Crippen MR) is 137 cm³/mol. The third kappa shape index (κ3) is 5.81. The Morgan fingerprint density at radius 3 is 2.40 bits per heavy atom. The van der Waals surface area contributed by atoms with Crippen LogP contribution in [0.3, 0.4) is 0 Å². The Morgan fingerprint density at radius 2 is 1.77 bits per heavy atom. The number of carboxylic acid groups (broad SMARTS) is 1.